The van der Waals surface area contributed by atoms with E-state index in [0.717, 1.165) is 24.2 Å². The monoisotopic (exact) mass is 432 g/mol. The summed E-state index contributed by atoms with van der Waals surface area (Å²) in [5, 5.41) is 6.55. The number of guanidine groups is 1. The summed E-state index contributed by atoms with van der Waals surface area (Å²) in [5.41, 5.74) is 4.05. The molecule has 0 fully saturated rings. The zero-order valence-corrected chi connectivity index (χ0v) is 17.5. The van der Waals surface area contributed by atoms with E-state index in [4.69, 9.17) is 0 Å². The standard InChI is InChI=1S/C23H27F3N4O/c1-27-22(29-15-20-5-4-6-21(13-20)30-11-2-3-12-30)28-14-18-7-9-19(10-8-18)16-31-17-23(24,25)26/h2-10,13H,11-12,14-17H2,1H3,(H2,27,28,29). The largest absolute Gasteiger partial charge is 0.411 e. The highest BCUT2D eigenvalue weighted by atomic mass is 19.4. The van der Waals surface area contributed by atoms with Gasteiger partial charge in [-0.15, -0.1) is 0 Å². The fourth-order valence-corrected chi connectivity index (χ4v) is 3.18. The van der Waals surface area contributed by atoms with Crippen LogP contribution in [0.1, 0.15) is 16.7 Å². The smallest absolute Gasteiger partial charge is 0.367 e. The van der Waals surface area contributed by atoms with Crippen molar-refractivity contribution in [1.29, 1.82) is 0 Å². The van der Waals surface area contributed by atoms with Gasteiger partial charge in [-0.25, -0.2) is 0 Å². The normalized spacial score (nSPS) is 14.2. The Bertz CT molecular complexity index is 886. The molecule has 2 aromatic carbocycles. The van der Waals surface area contributed by atoms with Gasteiger partial charge in [0.1, 0.15) is 6.61 Å². The molecule has 0 bridgehead atoms. The van der Waals surface area contributed by atoms with E-state index in [1.807, 2.05) is 12.1 Å². The second kappa shape index (κ2) is 10.9. The molecule has 2 aromatic rings. The number of hydrogen-bond acceptors (Lipinski definition) is 3. The molecule has 0 unspecified atom stereocenters. The van der Waals surface area contributed by atoms with Crippen LogP contribution in [0.3, 0.4) is 0 Å². The minimum atomic E-state index is -4.31. The predicted octanol–water partition coefficient (Wildman–Crippen LogP) is 4.01. The van der Waals surface area contributed by atoms with E-state index in [9.17, 15) is 13.2 Å². The molecule has 0 amide bonds. The zero-order chi connectivity index (χ0) is 22.1. The maximum atomic E-state index is 12.1. The quantitative estimate of drug-likeness (QED) is 0.376. The maximum absolute atomic E-state index is 12.1. The summed E-state index contributed by atoms with van der Waals surface area (Å²) in [6, 6.07) is 15.7. The van der Waals surface area contributed by atoms with Crippen LogP contribution in [-0.4, -0.2) is 38.9 Å². The third-order valence-electron chi connectivity index (χ3n) is 4.79. The molecule has 0 radical (unpaired) electrons. The Kier molecular flexibility index (Phi) is 7.94. The van der Waals surface area contributed by atoms with Crippen molar-refractivity contribution in [1.82, 2.24) is 10.6 Å². The summed E-state index contributed by atoms with van der Waals surface area (Å²) in [4.78, 5) is 6.55. The van der Waals surface area contributed by atoms with Crippen molar-refractivity contribution in [3.05, 3.63) is 77.4 Å². The number of nitrogens with zero attached hydrogens (tertiary/aromatic N) is 2. The van der Waals surface area contributed by atoms with Gasteiger partial charge >= 0.3 is 6.18 Å². The number of aliphatic imine (C=N–C) groups is 1. The molecular formula is C23H27F3N4O. The van der Waals surface area contributed by atoms with Gasteiger partial charge in [0.15, 0.2) is 5.96 Å². The van der Waals surface area contributed by atoms with Gasteiger partial charge in [0, 0.05) is 38.9 Å². The first kappa shape index (κ1) is 22.7. The number of ether oxygens (including phenoxy) is 1. The van der Waals surface area contributed by atoms with Crippen molar-refractivity contribution in [2.75, 3.05) is 31.6 Å². The molecule has 31 heavy (non-hydrogen) atoms. The topological polar surface area (TPSA) is 48.9 Å². The molecule has 166 valence electrons. The van der Waals surface area contributed by atoms with Crippen molar-refractivity contribution in [2.45, 2.75) is 25.9 Å². The number of alkyl halides is 3. The van der Waals surface area contributed by atoms with Crippen LogP contribution in [0.4, 0.5) is 18.9 Å². The number of nitrogens with one attached hydrogen (secondary N) is 2. The summed E-state index contributed by atoms with van der Waals surface area (Å²) in [7, 11) is 1.71. The van der Waals surface area contributed by atoms with E-state index in [0.29, 0.717) is 24.6 Å². The van der Waals surface area contributed by atoms with Crippen molar-refractivity contribution in [3.8, 4) is 0 Å². The number of rotatable bonds is 8. The molecule has 1 aliphatic heterocycles. The fraction of sp³-hybridized carbons (Fsp3) is 0.348. The van der Waals surface area contributed by atoms with E-state index < -0.39 is 12.8 Å². The molecule has 0 saturated heterocycles. The highest BCUT2D eigenvalue weighted by molar-refractivity contribution is 5.79. The first-order valence-electron chi connectivity index (χ1n) is 10.1. The van der Waals surface area contributed by atoms with Gasteiger partial charge < -0.3 is 20.3 Å². The molecule has 1 heterocycles. The minimum absolute atomic E-state index is 0.0665. The number of hydrogen-bond donors (Lipinski definition) is 2. The van der Waals surface area contributed by atoms with Crippen molar-refractivity contribution in [2.24, 2.45) is 4.99 Å². The molecule has 5 nitrogen and oxygen atoms in total. The predicted molar refractivity (Wildman–Crippen MR) is 117 cm³/mol. The zero-order valence-electron chi connectivity index (χ0n) is 17.5. The molecule has 1 aliphatic rings. The van der Waals surface area contributed by atoms with E-state index in [-0.39, 0.29) is 6.61 Å². The van der Waals surface area contributed by atoms with Gasteiger partial charge in [-0.2, -0.15) is 13.2 Å². The summed E-state index contributed by atoms with van der Waals surface area (Å²) in [6.45, 7) is 1.76. The van der Waals surface area contributed by atoms with E-state index in [1.54, 1.807) is 19.2 Å². The highest BCUT2D eigenvalue weighted by Crippen LogP contribution is 2.18. The van der Waals surface area contributed by atoms with Crippen LogP contribution in [0.15, 0.2) is 65.7 Å². The molecule has 2 N–H and O–H groups in total. The highest BCUT2D eigenvalue weighted by Gasteiger charge is 2.27. The van der Waals surface area contributed by atoms with Crippen molar-refractivity contribution >= 4 is 11.6 Å². The second-order valence-corrected chi connectivity index (χ2v) is 7.25. The van der Waals surface area contributed by atoms with Gasteiger partial charge in [-0.3, -0.25) is 4.99 Å². The summed E-state index contributed by atoms with van der Waals surface area (Å²) in [6.07, 6.45) is 0.0248. The average Bonchev–Trinajstić information content (AvgIpc) is 3.29. The van der Waals surface area contributed by atoms with Crippen LogP contribution >= 0.6 is 0 Å². The Hall–Kier alpha value is -3.00. The van der Waals surface area contributed by atoms with E-state index >= 15 is 0 Å². The Morgan fingerprint density at radius 1 is 0.968 bits per heavy atom. The van der Waals surface area contributed by atoms with E-state index in [2.05, 4.69) is 61.7 Å². The van der Waals surface area contributed by atoms with Crippen LogP contribution in [0.5, 0.6) is 0 Å². The maximum Gasteiger partial charge on any atom is 0.411 e. The molecule has 0 aromatic heterocycles. The van der Waals surface area contributed by atoms with Gasteiger partial charge in [0.25, 0.3) is 0 Å². The summed E-state index contributed by atoms with van der Waals surface area (Å²) >= 11 is 0. The van der Waals surface area contributed by atoms with Crippen LogP contribution in [0, 0.1) is 0 Å². The summed E-state index contributed by atoms with van der Waals surface area (Å²) in [5.74, 6) is 0.672. The number of halogens is 3. The molecule has 3 rings (SSSR count). The Morgan fingerprint density at radius 3 is 2.26 bits per heavy atom. The first-order valence-corrected chi connectivity index (χ1v) is 10.1. The molecule has 0 aliphatic carbocycles. The lowest BCUT2D eigenvalue weighted by Crippen LogP contribution is -2.36. The second-order valence-electron chi connectivity index (χ2n) is 7.25. The van der Waals surface area contributed by atoms with E-state index in [1.165, 1.54) is 5.69 Å². The van der Waals surface area contributed by atoms with Crippen molar-refractivity contribution in [3.63, 3.8) is 0 Å². The lowest BCUT2D eigenvalue weighted by Gasteiger charge is -2.19. The summed E-state index contributed by atoms with van der Waals surface area (Å²) < 4.78 is 41.1. The van der Waals surface area contributed by atoms with Crippen molar-refractivity contribution < 1.29 is 17.9 Å². The SMILES string of the molecule is CN=C(NCc1ccc(COCC(F)(F)F)cc1)NCc1cccc(N2CC=CC2)c1. The first-order chi connectivity index (χ1) is 14.9. The minimum Gasteiger partial charge on any atom is -0.367 e. The lowest BCUT2D eigenvalue weighted by atomic mass is 10.1. The molecular weight excluding hydrogens is 405 g/mol. The van der Waals surface area contributed by atoms with Gasteiger partial charge in [-0.05, 0) is 28.8 Å². The number of benzene rings is 2. The fourth-order valence-electron chi connectivity index (χ4n) is 3.18. The molecule has 8 heteroatoms. The average molecular weight is 432 g/mol. The van der Waals surface area contributed by atoms with Gasteiger partial charge in [-0.1, -0.05) is 48.6 Å². The molecule has 0 saturated carbocycles. The Morgan fingerprint density at radius 2 is 1.61 bits per heavy atom. The lowest BCUT2D eigenvalue weighted by molar-refractivity contribution is -0.176. The van der Waals surface area contributed by atoms with Crippen LogP contribution in [-0.2, 0) is 24.4 Å². The van der Waals surface area contributed by atoms with Gasteiger partial charge in [0.05, 0.1) is 6.61 Å². The van der Waals surface area contributed by atoms with Crippen LogP contribution in [0.25, 0.3) is 0 Å². The third-order valence-corrected chi connectivity index (χ3v) is 4.79. The van der Waals surface area contributed by atoms with Gasteiger partial charge in [0.2, 0.25) is 0 Å². The Labute approximate surface area is 180 Å². The molecule has 0 atom stereocenters. The van der Waals surface area contributed by atoms with Crippen LogP contribution in [0.2, 0.25) is 0 Å². The molecule has 0 spiro atoms. The number of anilines is 1. The van der Waals surface area contributed by atoms with Crippen LogP contribution < -0.4 is 15.5 Å². The third kappa shape index (κ3) is 7.64. The Balaban J connectivity index is 1.44.